The first-order chi connectivity index (χ1) is 11.5. The standard InChI is InChI=1S/C17H24N4O2S/c1-12-8-16(14(3)24-12)13(2)19-15-9-18-21(10-15)11-17(22)20-4-6-23-7-5-20/h8-10,13,19H,4-7,11H2,1-3H3/t13-/m1/s1. The van der Waals surface area contributed by atoms with E-state index < -0.39 is 0 Å². The maximum atomic E-state index is 12.3. The molecule has 3 rings (SSSR count). The van der Waals surface area contributed by atoms with Gasteiger partial charge >= 0.3 is 0 Å². The van der Waals surface area contributed by atoms with Gasteiger partial charge in [-0.25, -0.2) is 0 Å². The molecule has 0 unspecified atom stereocenters. The van der Waals surface area contributed by atoms with E-state index in [9.17, 15) is 4.79 Å². The second-order valence-corrected chi connectivity index (χ2v) is 7.61. The molecule has 1 aliphatic rings. The van der Waals surface area contributed by atoms with Crippen LogP contribution >= 0.6 is 11.3 Å². The number of hydrogen-bond donors (Lipinski definition) is 1. The summed E-state index contributed by atoms with van der Waals surface area (Å²) in [5.41, 5.74) is 2.25. The molecular weight excluding hydrogens is 324 g/mol. The van der Waals surface area contributed by atoms with Crippen molar-refractivity contribution in [3.63, 3.8) is 0 Å². The molecule has 1 aliphatic heterocycles. The van der Waals surface area contributed by atoms with E-state index in [0.29, 0.717) is 26.3 Å². The van der Waals surface area contributed by atoms with Crippen molar-refractivity contribution in [2.75, 3.05) is 31.6 Å². The van der Waals surface area contributed by atoms with Crippen LogP contribution in [0.25, 0.3) is 0 Å². The molecule has 7 heteroatoms. The van der Waals surface area contributed by atoms with E-state index in [4.69, 9.17) is 4.74 Å². The van der Waals surface area contributed by atoms with Gasteiger partial charge in [-0.3, -0.25) is 9.48 Å². The number of rotatable bonds is 5. The predicted molar refractivity (Wildman–Crippen MR) is 95.5 cm³/mol. The second kappa shape index (κ2) is 7.36. The van der Waals surface area contributed by atoms with Gasteiger partial charge < -0.3 is 15.0 Å². The zero-order chi connectivity index (χ0) is 17.1. The van der Waals surface area contributed by atoms with Crippen LogP contribution < -0.4 is 5.32 Å². The summed E-state index contributed by atoms with van der Waals surface area (Å²) in [5, 5.41) is 7.77. The summed E-state index contributed by atoms with van der Waals surface area (Å²) < 4.78 is 6.97. The summed E-state index contributed by atoms with van der Waals surface area (Å²) in [6, 6.07) is 2.44. The zero-order valence-electron chi connectivity index (χ0n) is 14.4. The maximum Gasteiger partial charge on any atom is 0.244 e. The maximum absolute atomic E-state index is 12.3. The van der Waals surface area contributed by atoms with Crippen LogP contribution in [0.15, 0.2) is 18.5 Å². The summed E-state index contributed by atoms with van der Waals surface area (Å²) in [7, 11) is 0. The van der Waals surface area contributed by atoms with Crippen molar-refractivity contribution < 1.29 is 9.53 Å². The molecule has 0 aromatic carbocycles. The zero-order valence-corrected chi connectivity index (χ0v) is 15.2. The molecule has 6 nitrogen and oxygen atoms in total. The van der Waals surface area contributed by atoms with Crippen LogP contribution in [-0.2, 0) is 16.1 Å². The van der Waals surface area contributed by atoms with E-state index >= 15 is 0 Å². The number of carbonyl (C=O) groups is 1. The van der Waals surface area contributed by atoms with Crippen molar-refractivity contribution in [3.05, 3.63) is 33.8 Å². The van der Waals surface area contributed by atoms with E-state index in [0.717, 1.165) is 5.69 Å². The number of nitrogens with one attached hydrogen (secondary N) is 1. The van der Waals surface area contributed by atoms with Crippen LogP contribution in [0.1, 0.15) is 28.3 Å². The third-order valence-electron chi connectivity index (χ3n) is 4.22. The summed E-state index contributed by atoms with van der Waals surface area (Å²) in [4.78, 5) is 16.7. The Bertz CT molecular complexity index is 703. The van der Waals surface area contributed by atoms with Crippen LogP contribution in [0.4, 0.5) is 5.69 Å². The van der Waals surface area contributed by atoms with Crippen molar-refractivity contribution in [2.45, 2.75) is 33.4 Å². The lowest BCUT2D eigenvalue weighted by molar-refractivity contribution is -0.136. The summed E-state index contributed by atoms with van der Waals surface area (Å²) in [5.74, 6) is 0.0882. The number of ether oxygens (including phenoxy) is 1. The first-order valence-corrected chi connectivity index (χ1v) is 9.06. The molecule has 1 saturated heterocycles. The minimum absolute atomic E-state index is 0.0882. The van der Waals surface area contributed by atoms with E-state index in [1.807, 2.05) is 22.4 Å². The van der Waals surface area contributed by atoms with Gasteiger partial charge in [-0.05, 0) is 32.4 Å². The topological polar surface area (TPSA) is 59.4 Å². The molecule has 0 saturated carbocycles. The fraction of sp³-hybridized carbons (Fsp3) is 0.529. The minimum Gasteiger partial charge on any atom is -0.378 e. The number of amides is 1. The fourth-order valence-electron chi connectivity index (χ4n) is 2.98. The van der Waals surface area contributed by atoms with Crippen molar-refractivity contribution in [1.29, 1.82) is 0 Å². The quantitative estimate of drug-likeness (QED) is 0.902. The molecule has 1 fully saturated rings. The lowest BCUT2D eigenvalue weighted by atomic mass is 10.1. The normalized spacial score (nSPS) is 16.2. The summed E-state index contributed by atoms with van der Waals surface area (Å²) >= 11 is 1.82. The molecule has 1 N–H and O–H groups in total. The van der Waals surface area contributed by atoms with Crippen molar-refractivity contribution >= 4 is 22.9 Å². The van der Waals surface area contributed by atoms with Crippen LogP contribution in [0, 0.1) is 13.8 Å². The Labute approximate surface area is 146 Å². The number of anilines is 1. The highest BCUT2D eigenvalue weighted by molar-refractivity contribution is 7.12. The van der Waals surface area contributed by atoms with Crippen LogP contribution in [0.5, 0.6) is 0 Å². The van der Waals surface area contributed by atoms with Crippen LogP contribution in [-0.4, -0.2) is 46.9 Å². The third-order valence-corrected chi connectivity index (χ3v) is 5.21. The molecule has 2 aromatic heterocycles. The first-order valence-electron chi connectivity index (χ1n) is 8.24. The number of nitrogens with zero attached hydrogens (tertiary/aromatic N) is 3. The van der Waals surface area contributed by atoms with Crippen LogP contribution in [0.3, 0.4) is 0 Å². The Balaban J connectivity index is 1.59. The molecule has 0 bridgehead atoms. The molecule has 0 radical (unpaired) electrons. The summed E-state index contributed by atoms with van der Waals surface area (Å²) in [6.07, 6.45) is 3.67. The Morgan fingerprint density at radius 1 is 1.42 bits per heavy atom. The third kappa shape index (κ3) is 3.96. The smallest absolute Gasteiger partial charge is 0.244 e. The minimum atomic E-state index is 0.0882. The van der Waals surface area contributed by atoms with Gasteiger partial charge in [0.25, 0.3) is 0 Å². The number of hydrogen-bond acceptors (Lipinski definition) is 5. The second-order valence-electron chi connectivity index (χ2n) is 6.15. The highest BCUT2D eigenvalue weighted by atomic mass is 32.1. The Kier molecular flexibility index (Phi) is 5.20. The number of aromatic nitrogens is 2. The Morgan fingerprint density at radius 2 is 2.17 bits per heavy atom. The Hall–Kier alpha value is -1.86. The fourth-order valence-corrected chi connectivity index (χ4v) is 4.01. The van der Waals surface area contributed by atoms with Gasteiger partial charge in [-0.15, -0.1) is 11.3 Å². The number of carbonyl (C=O) groups excluding carboxylic acids is 1. The molecule has 3 heterocycles. The van der Waals surface area contributed by atoms with Crippen molar-refractivity contribution in [2.24, 2.45) is 0 Å². The lowest BCUT2D eigenvalue weighted by Gasteiger charge is -2.26. The number of thiophene rings is 1. The summed E-state index contributed by atoms with van der Waals surface area (Å²) in [6.45, 7) is 9.26. The van der Waals surface area contributed by atoms with Gasteiger partial charge in [-0.1, -0.05) is 0 Å². The lowest BCUT2D eigenvalue weighted by Crippen LogP contribution is -2.42. The molecule has 0 aliphatic carbocycles. The van der Waals surface area contributed by atoms with Crippen LogP contribution in [0.2, 0.25) is 0 Å². The molecule has 130 valence electrons. The highest BCUT2D eigenvalue weighted by Crippen LogP contribution is 2.28. The average Bonchev–Trinajstić information content (AvgIpc) is 3.14. The molecule has 0 spiro atoms. The highest BCUT2D eigenvalue weighted by Gasteiger charge is 2.18. The van der Waals surface area contributed by atoms with E-state index in [1.54, 1.807) is 10.9 Å². The van der Waals surface area contributed by atoms with Gasteiger partial charge in [-0.2, -0.15) is 5.10 Å². The Morgan fingerprint density at radius 3 is 2.83 bits per heavy atom. The van der Waals surface area contributed by atoms with E-state index in [-0.39, 0.29) is 18.5 Å². The molecule has 1 atom stereocenters. The largest absolute Gasteiger partial charge is 0.378 e. The average molecular weight is 348 g/mol. The molecule has 2 aromatic rings. The van der Waals surface area contributed by atoms with Gasteiger partial charge in [0.15, 0.2) is 0 Å². The van der Waals surface area contributed by atoms with Gasteiger partial charge in [0.05, 0.1) is 25.1 Å². The first kappa shape index (κ1) is 17.0. The van der Waals surface area contributed by atoms with E-state index in [1.165, 1.54) is 15.3 Å². The number of aryl methyl sites for hydroxylation is 2. The predicted octanol–water partition coefficient (Wildman–Crippen LogP) is 2.59. The van der Waals surface area contributed by atoms with Gasteiger partial charge in [0, 0.05) is 35.1 Å². The molecular formula is C17H24N4O2S. The van der Waals surface area contributed by atoms with Gasteiger partial charge in [0.1, 0.15) is 6.54 Å². The number of morpholine rings is 1. The van der Waals surface area contributed by atoms with Gasteiger partial charge in [0.2, 0.25) is 5.91 Å². The molecule has 24 heavy (non-hydrogen) atoms. The monoisotopic (exact) mass is 348 g/mol. The van der Waals surface area contributed by atoms with E-state index in [2.05, 4.69) is 37.3 Å². The SMILES string of the molecule is Cc1cc([C@@H](C)Nc2cnn(CC(=O)N3CCOCC3)c2)c(C)s1. The van der Waals surface area contributed by atoms with Crippen molar-refractivity contribution in [1.82, 2.24) is 14.7 Å². The molecule has 1 amide bonds. The van der Waals surface area contributed by atoms with Crippen molar-refractivity contribution in [3.8, 4) is 0 Å².